The quantitative estimate of drug-likeness (QED) is 0.791. The number of nitrogens with one attached hydrogen (secondary N) is 1. The third-order valence-electron chi connectivity index (χ3n) is 2.43. The zero-order valence-electron chi connectivity index (χ0n) is 9.88. The van der Waals surface area contributed by atoms with Crippen molar-refractivity contribution in [3.8, 4) is 11.3 Å². The molecule has 1 aromatic carbocycles. The topological polar surface area (TPSA) is 88.1 Å². The molecule has 0 aliphatic heterocycles. The molecule has 1 aromatic heterocycles. The predicted molar refractivity (Wildman–Crippen MR) is 63.7 cm³/mol. The van der Waals surface area contributed by atoms with Crippen LogP contribution in [0.1, 0.15) is 23.0 Å². The Hall–Kier alpha value is -2.21. The first-order valence-corrected chi connectivity index (χ1v) is 5.54. The second-order valence-electron chi connectivity index (χ2n) is 3.60. The first-order chi connectivity index (χ1) is 8.76. The number of ether oxygens (including phenoxy) is 1. The van der Waals surface area contributed by atoms with Crippen LogP contribution in [0.3, 0.4) is 0 Å². The van der Waals surface area contributed by atoms with E-state index >= 15 is 0 Å². The Bertz CT molecular complexity index is 534. The van der Waals surface area contributed by atoms with Gasteiger partial charge in [-0.05, 0) is 12.5 Å². The van der Waals surface area contributed by atoms with Crippen molar-refractivity contribution in [3.05, 3.63) is 35.5 Å². The van der Waals surface area contributed by atoms with Crippen LogP contribution in [0.5, 0.6) is 0 Å². The number of aliphatic hydroxyl groups excluding tert-OH is 1. The van der Waals surface area contributed by atoms with E-state index in [9.17, 15) is 4.79 Å². The van der Waals surface area contributed by atoms with Gasteiger partial charge in [-0.2, -0.15) is 10.3 Å². The van der Waals surface area contributed by atoms with E-state index in [0.717, 1.165) is 11.1 Å². The summed E-state index contributed by atoms with van der Waals surface area (Å²) >= 11 is 0. The normalized spacial score (nSPS) is 10.3. The molecule has 94 valence electrons. The van der Waals surface area contributed by atoms with E-state index < -0.39 is 5.97 Å². The van der Waals surface area contributed by atoms with Gasteiger partial charge in [0.2, 0.25) is 0 Å². The lowest BCUT2D eigenvalue weighted by Gasteiger charge is -2.02. The van der Waals surface area contributed by atoms with E-state index in [1.807, 2.05) is 0 Å². The van der Waals surface area contributed by atoms with E-state index in [0.29, 0.717) is 5.69 Å². The molecule has 0 bridgehead atoms. The fourth-order valence-corrected chi connectivity index (χ4v) is 1.54. The number of benzene rings is 1. The average molecular weight is 247 g/mol. The van der Waals surface area contributed by atoms with Gasteiger partial charge in [0.05, 0.1) is 13.2 Å². The Morgan fingerprint density at radius 3 is 2.67 bits per heavy atom. The van der Waals surface area contributed by atoms with E-state index in [4.69, 9.17) is 9.84 Å². The fraction of sp³-hybridized carbons (Fsp3) is 0.250. The Morgan fingerprint density at radius 1 is 1.33 bits per heavy atom. The van der Waals surface area contributed by atoms with Crippen molar-refractivity contribution in [1.29, 1.82) is 0 Å². The zero-order chi connectivity index (χ0) is 13.0. The maximum atomic E-state index is 11.6. The Balaban J connectivity index is 2.32. The minimum Gasteiger partial charge on any atom is -0.461 e. The molecule has 6 nitrogen and oxygen atoms in total. The van der Waals surface area contributed by atoms with Gasteiger partial charge < -0.3 is 9.84 Å². The smallest absolute Gasteiger partial charge is 0.361 e. The highest BCUT2D eigenvalue weighted by Crippen LogP contribution is 2.20. The molecule has 0 saturated carbocycles. The largest absolute Gasteiger partial charge is 0.461 e. The van der Waals surface area contributed by atoms with Gasteiger partial charge in [0.25, 0.3) is 0 Å². The molecule has 0 unspecified atom stereocenters. The monoisotopic (exact) mass is 247 g/mol. The standard InChI is InChI=1S/C12H13N3O3/c1-2-18-12(17)11-10(13-15-14-11)9-5-3-8(7-16)4-6-9/h3-6,16H,2,7H2,1H3,(H,13,14,15). The van der Waals surface area contributed by atoms with Crippen molar-refractivity contribution in [2.24, 2.45) is 0 Å². The molecule has 1 heterocycles. The highest BCUT2D eigenvalue weighted by Gasteiger charge is 2.18. The SMILES string of the molecule is CCOC(=O)c1n[nH]nc1-c1ccc(CO)cc1. The fourth-order valence-electron chi connectivity index (χ4n) is 1.54. The lowest BCUT2D eigenvalue weighted by molar-refractivity contribution is 0.0520. The first-order valence-electron chi connectivity index (χ1n) is 5.54. The molecular weight excluding hydrogens is 234 g/mol. The second kappa shape index (κ2) is 5.42. The summed E-state index contributed by atoms with van der Waals surface area (Å²) in [5.74, 6) is -0.507. The van der Waals surface area contributed by atoms with Crippen molar-refractivity contribution < 1.29 is 14.6 Å². The lowest BCUT2D eigenvalue weighted by Crippen LogP contribution is -2.06. The number of carbonyl (C=O) groups is 1. The van der Waals surface area contributed by atoms with E-state index in [2.05, 4.69) is 15.4 Å². The Labute approximate surface area is 104 Å². The zero-order valence-corrected chi connectivity index (χ0v) is 9.88. The van der Waals surface area contributed by atoms with Crippen LogP contribution in [0.15, 0.2) is 24.3 Å². The number of aromatic nitrogens is 3. The summed E-state index contributed by atoms with van der Waals surface area (Å²) in [6.07, 6.45) is 0. The molecule has 0 amide bonds. The average Bonchev–Trinajstić information content (AvgIpc) is 2.88. The molecule has 18 heavy (non-hydrogen) atoms. The number of esters is 1. The molecule has 0 radical (unpaired) electrons. The maximum absolute atomic E-state index is 11.6. The third kappa shape index (κ3) is 2.38. The lowest BCUT2D eigenvalue weighted by atomic mass is 10.1. The number of carbonyl (C=O) groups excluding carboxylic acids is 1. The predicted octanol–water partition coefficient (Wildman–Crippen LogP) is 1.14. The summed E-state index contributed by atoms with van der Waals surface area (Å²) in [7, 11) is 0. The molecule has 2 N–H and O–H groups in total. The summed E-state index contributed by atoms with van der Waals surface area (Å²) in [5, 5.41) is 19.1. The van der Waals surface area contributed by atoms with Gasteiger partial charge in [-0.1, -0.05) is 24.3 Å². The third-order valence-corrected chi connectivity index (χ3v) is 2.43. The summed E-state index contributed by atoms with van der Waals surface area (Å²) in [5.41, 5.74) is 2.13. The van der Waals surface area contributed by atoms with Crippen molar-refractivity contribution in [2.75, 3.05) is 6.61 Å². The summed E-state index contributed by atoms with van der Waals surface area (Å²) in [4.78, 5) is 11.6. The van der Waals surface area contributed by atoms with Gasteiger partial charge in [-0.25, -0.2) is 4.79 Å². The Kier molecular flexibility index (Phi) is 3.69. The molecule has 2 aromatic rings. The van der Waals surface area contributed by atoms with Crippen molar-refractivity contribution >= 4 is 5.97 Å². The number of rotatable bonds is 4. The number of hydrogen-bond acceptors (Lipinski definition) is 5. The minimum absolute atomic E-state index is 0.0240. The van der Waals surface area contributed by atoms with Crippen LogP contribution < -0.4 is 0 Å². The van der Waals surface area contributed by atoms with Gasteiger partial charge in [0.1, 0.15) is 5.69 Å². The van der Waals surface area contributed by atoms with Gasteiger partial charge in [-0.3, -0.25) is 0 Å². The Morgan fingerprint density at radius 2 is 2.06 bits per heavy atom. The number of H-pyrrole nitrogens is 1. The number of hydrogen-bond donors (Lipinski definition) is 2. The van der Waals surface area contributed by atoms with Crippen molar-refractivity contribution in [2.45, 2.75) is 13.5 Å². The van der Waals surface area contributed by atoms with Crippen molar-refractivity contribution in [3.63, 3.8) is 0 Å². The van der Waals surface area contributed by atoms with Gasteiger partial charge in [0, 0.05) is 5.56 Å². The summed E-state index contributed by atoms with van der Waals surface area (Å²) < 4.78 is 4.89. The van der Waals surface area contributed by atoms with Gasteiger partial charge in [0.15, 0.2) is 5.69 Å². The molecular formula is C12H13N3O3. The highest BCUT2D eigenvalue weighted by molar-refractivity contribution is 5.93. The van der Waals surface area contributed by atoms with Crippen LogP contribution in [-0.2, 0) is 11.3 Å². The van der Waals surface area contributed by atoms with Crippen LogP contribution in [0, 0.1) is 0 Å². The van der Waals surface area contributed by atoms with Gasteiger partial charge in [-0.15, -0.1) is 5.10 Å². The second-order valence-corrected chi connectivity index (χ2v) is 3.60. The van der Waals surface area contributed by atoms with Crippen LogP contribution in [-0.4, -0.2) is 33.1 Å². The minimum atomic E-state index is -0.507. The molecule has 0 fully saturated rings. The summed E-state index contributed by atoms with van der Waals surface area (Å²) in [6.45, 7) is 1.99. The van der Waals surface area contributed by atoms with Crippen LogP contribution in [0.25, 0.3) is 11.3 Å². The highest BCUT2D eigenvalue weighted by atomic mass is 16.5. The van der Waals surface area contributed by atoms with Gasteiger partial charge >= 0.3 is 5.97 Å². The van der Waals surface area contributed by atoms with E-state index in [1.165, 1.54) is 0 Å². The molecule has 0 aliphatic carbocycles. The molecule has 2 rings (SSSR count). The molecule has 6 heteroatoms. The van der Waals surface area contributed by atoms with Crippen molar-refractivity contribution in [1.82, 2.24) is 15.4 Å². The van der Waals surface area contributed by atoms with Crippen LogP contribution >= 0.6 is 0 Å². The first kappa shape index (κ1) is 12.3. The van der Waals surface area contributed by atoms with E-state index in [-0.39, 0.29) is 18.9 Å². The van der Waals surface area contributed by atoms with Crippen LogP contribution in [0.4, 0.5) is 0 Å². The molecule has 0 saturated heterocycles. The molecule has 0 aliphatic rings. The number of aliphatic hydroxyl groups is 1. The van der Waals surface area contributed by atoms with Crippen LogP contribution in [0.2, 0.25) is 0 Å². The molecule has 0 atom stereocenters. The van der Waals surface area contributed by atoms with E-state index in [1.54, 1.807) is 31.2 Å². The maximum Gasteiger partial charge on any atom is 0.361 e. The number of aromatic amines is 1. The molecule has 0 spiro atoms. The summed E-state index contributed by atoms with van der Waals surface area (Å²) in [6, 6.07) is 7.07. The number of nitrogens with zero attached hydrogens (tertiary/aromatic N) is 2.